The molecule has 1 aliphatic carbocycles. The van der Waals surface area contributed by atoms with Crippen LogP contribution in [0.1, 0.15) is 51.8 Å². The van der Waals surface area contributed by atoms with Gasteiger partial charge in [-0.1, -0.05) is 224 Å². The summed E-state index contributed by atoms with van der Waals surface area (Å²) in [6.07, 6.45) is 3.89. The van der Waals surface area contributed by atoms with E-state index in [9.17, 15) is 0 Å². The summed E-state index contributed by atoms with van der Waals surface area (Å²) in [6, 6.07) is 81.6. The highest BCUT2D eigenvalue weighted by Gasteiger charge is 2.50. The van der Waals surface area contributed by atoms with Crippen molar-refractivity contribution in [1.29, 1.82) is 0 Å². The van der Waals surface area contributed by atoms with Crippen LogP contribution < -0.4 is 0 Å². The van der Waals surface area contributed by atoms with Gasteiger partial charge in [-0.3, -0.25) is 0 Å². The van der Waals surface area contributed by atoms with Crippen LogP contribution in [0.4, 0.5) is 0 Å². The number of hydrogen-bond acceptors (Lipinski definition) is 3. The van der Waals surface area contributed by atoms with Crippen LogP contribution in [0.3, 0.4) is 0 Å². The Balaban J connectivity index is 1.07. The van der Waals surface area contributed by atoms with Gasteiger partial charge in [-0.15, -0.1) is 0 Å². The normalized spacial score (nSPS) is 14.5. The predicted molar refractivity (Wildman–Crippen MR) is 267 cm³/mol. The Labute approximate surface area is 379 Å². The first kappa shape index (κ1) is 38.1. The number of aliphatic imine (C=N–C) groups is 2. The standard InChI is InChI=1S/C61H42N2S/c1-3-19-41(20-4-1)43-23-15-25-45(39-43)56-36-18-37-57(46-26-16-24-44(40-46)42-21-5-2-6-22-42)63-60(62-56)51-30-8-7-27-47(51)50-31-17-35-55-59(50)64-58-38-14-13-34-54(58)61(55)52-32-11-9-28-48(52)49-29-10-12-33-53(49)61/h1-17,19-36,38-40H,18,37H2. The third-order valence-corrected chi connectivity index (χ3v) is 14.3. The average Bonchev–Trinajstić information content (AvgIpc) is 3.65. The van der Waals surface area contributed by atoms with Crippen LogP contribution in [0, 0.1) is 0 Å². The predicted octanol–water partition coefficient (Wildman–Crippen LogP) is 15.6. The molecule has 0 amide bonds. The van der Waals surface area contributed by atoms with Gasteiger partial charge in [-0.05, 0) is 103 Å². The highest BCUT2D eigenvalue weighted by molar-refractivity contribution is 7.99. The zero-order valence-corrected chi connectivity index (χ0v) is 36.0. The van der Waals surface area contributed by atoms with E-state index < -0.39 is 5.41 Å². The van der Waals surface area contributed by atoms with Gasteiger partial charge in [0, 0.05) is 20.9 Å². The summed E-state index contributed by atoms with van der Waals surface area (Å²) in [5, 5.41) is 0. The first-order valence-electron chi connectivity index (χ1n) is 22.1. The zero-order chi connectivity index (χ0) is 42.5. The van der Waals surface area contributed by atoms with Gasteiger partial charge in [0.15, 0.2) is 5.84 Å². The lowest BCUT2D eigenvalue weighted by Crippen LogP contribution is -2.32. The van der Waals surface area contributed by atoms with Crippen molar-refractivity contribution in [3.05, 3.63) is 269 Å². The lowest BCUT2D eigenvalue weighted by molar-refractivity contribution is 0.723. The minimum absolute atomic E-state index is 0.470. The maximum absolute atomic E-state index is 5.65. The van der Waals surface area contributed by atoms with E-state index in [0.717, 1.165) is 52.1 Å². The van der Waals surface area contributed by atoms with Crippen LogP contribution >= 0.6 is 11.8 Å². The summed E-state index contributed by atoms with van der Waals surface area (Å²) >= 11 is 1.88. The SMILES string of the molecule is C1=C(c2cccc(-c3ccccc3)c2)N=C(c2ccccc2-c2cccc3c2Sc2ccccc2C32c3ccccc3-c3ccccc32)N=C(c2cccc(-c3ccccc3)c2)CC1. The average molecular weight is 835 g/mol. The maximum atomic E-state index is 5.65. The Morgan fingerprint density at radius 3 is 1.53 bits per heavy atom. The second kappa shape index (κ2) is 16.0. The molecule has 2 nitrogen and oxygen atoms in total. The zero-order valence-electron chi connectivity index (χ0n) is 35.2. The Kier molecular flexibility index (Phi) is 9.50. The second-order valence-electron chi connectivity index (χ2n) is 16.7. The summed E-state index contributed by atoms with van der Waals surface area (Å²) < 4.78 is 0. The van der Waals surface area contributed by atoms with Crippen molar-refractivity contribution >= 4 is 29.0 Å². The third kappa shape index (κ3) is 6.34. The Morgan fingerprint density at radius 2 is 0.844 bits per heavy atom. The van der Waals surface area contributed by atoms with Crippen LogP contribution in [-0.4, -0.2) is 11.5 Å². The molecule has 0 bridgehead atoms. The summed E-state index contributed by atoms with van der Waals surface area (Å²) in [4.78, 5) is 13.8. The van der Waals surface area contributed by atoms with Gasteiger partial charge in [0.1, 0.15) is 0 Å². The number of nitrogens with zero attached hydrogens (tertiary/aromatic N) is 2. The van der Waals surface area contributed by atoms with E-state index in [1.807, 2.05) is 11.8 Å². The van der Waals surface area contributed by atoms with E-state index in [-0.39, 0.29) is 0 Å². The van der Waals surface area contributed by atoms with E-state index in [4.69, 9.17) is 9.98 Å². The summed E-state index contributed by atoms with van der Waals surface area (Å²) in [5.74, 6) is 0.705. The lowest BCUT2D eigenvalue weighted by Gasteiger charge is -2.40. The molecule has 0 saturated carbocycles. The number of hydrogen-bond donors (Lipinski definition) is 0. The summed E-state index contributed by atoms with van der Waals surface area (Å²) in [6.45, 7) is 0. The van der Waals surface area contributed by atoms with Crippen LogP contribution in [0.25, 0.3) is 50.2 Å². The molecule has 2 heterocycles. The van der Waals surface area contributed by atoms with Crippen LogP contribution in [-0.2, 0) is 5.41 Å². The molecular formula is C61H42N2S. The largest absolute Gasteiger partial charge is 0.232 e. The molecule has 3 heteroatoms. The number of benzene rings is 9. The van der Waals surface area contributed by atoms with E-state index in [1.165, 1.54) is 65.4 Å². The van der Waals surface area contributed by atoms with Crippen LogP contribution in [0.5, 0.6) is 0 Å². The molecule has 1 spiro atoms. The molecule has 9 aromatic rings. The Morgan fingerprint density at radius 1 is 0.359 bits per heavy atom. The van der Waals surface area contributed by atoms with Crippen molar-refractivity contribution in [2.75, 3.05) is 0 Å². The maximum Gasteiger partial charge on any atom is 0.160 e. The van der Waals surface area contributed by atoms with Gasteiger partial charge in [-0.2, -0.15) is 0 Å². The van der Waals surface area contributed by atoms with E-state index in [0.29, 0.717) is 5.84 Å². The number of allylic oxidation sites excluding steroid dienone is 1. The first-order chi connectivity index (χ1) is 31.7. The topological polar surface area (TPSA) is 24.7 Å². The van der Waals surface area contributed by atoms with Crippen molar-refractivity contribution in [2.45, 2.75) is 28.0 Å². The lowest BCUT2D eigenvalue weighted by atomic mass is 9.67. The second-order valence-corrected chi connectivity index (χ2v) is 17.7. The molecule has 3 aliphatic rings. The molecule has 0 atom stereocenters. The molecule has 2 aliphatic heterocycles. The fourth-order valence-corrected chi connectivity index (χ4v) is 11.5. The molecule has 64 heavy (non-hydrogen) atoms. The van der Waals surface area contributed by atoms with Gasteiger partial charge in [-0.25, -0.2) is 9.98 Å². The Bertz CT molecular complexity index is 3310. The van der Waals surface area contributed by atoms with Gasteiger partial charge in [0.2, 0.25) is 0 Å². The summed E-state index contributed by atoms with van der Waals surface area (Å²) in [7, 11) is 0. The van der Waals surface area contributed by atoms with Crippen molar-refractivity contribution in [3.8, 4) is 44.5 Å². The van der Waals surface area contributed by atoms with Crippen LogP contribution in [0.15, 0.2) is 250 Å². The fourth-order valence-electron chi connectivity index (χ4n) is 10.2. The van der Waals surface area contributed by atoms with Gasteiger partial charge < -0.3 is 0 Å². The van der Waals surface area contributed by atoms with E-state index in [1.54, 1.807) is 0 Å². The molecule has 0 saturated heterocycles. The molecule has 302 valence electrons. The molecule has 0 aromatic heterocycles. The van der Waals surface area contributed by atoms with Crippen molar-refractivity contribution in [3.63, 3.8) is 0 Å². The monoisotopic (exact) mass is 834 g/mol. The first-order valence-corrected chi connectivity index (χ1v) is 22.9. The minimum Gasteiger partial charge on any atom is -0.232 e. The summed E-state index contributed by atoms with van der Waals surface area (Å²) in [5.41, 5.74) is 19.6. The highest BCUT2D eigenvalue weighted by Crippen LogP contribution is 2.63. The third-order valence-electron chi connectivity index (χ3n) is 13.1. The Hall–Kier alpha value is -7.59. The molecule has 0 radical (unpaired) electrons. The fraction of sp³-hybridized carbons (Fsp3) is 0.0492. The molecular weight excluding hydrogens is 793 g/mol. The number of fused-ring (bicyclic) bond motifs is 9. The van der Waals surface area contributed by atoms with E-state index >= 15 is 0 Å². The number of rotatable bonds is 6. The smallest absolute Gasteiger partial charge is 0.160 e. The molecule has 0 fully saturated rings. The van der Waals surface area contributed by atoms with Gasteiger partial charge in [0.25, 0.3) is 0 Å². The minimum atomic E-state index is -0.470. The van der Waals surface area contributed by atoms with Crippen molar-refractivity contribution in [2.24, 2.45) is 9.98 Å². The van der Waals surface area contributed by atoms with Crippen LogP contribution in [0.2, 0.25) is 0 Å². The quantitative estimate of drug-likeness (QED) is 0.164. The van der Waals surface area contributed by atoms with Crippen molar-refractivity contribution < 1.29 is 0 Å². The number of amidine groups is 1. The molecule has 12 rings (SSSR count). The van der Waals surface area contributed by atoms with Crippen molar-refractivity contribution in [1.82, 2.24) is 0 Å². The van der Waals surface area contributed by atoms with E-state index in [2.05, 4.69) is 231 Å². The van der Waals surface area contributed by atoms with Gasteiger partial charge >= 0.3 is 0 Å². The van der Waals surface area contributed by atoms with Gasteiger partial charge in [0.05, 0.1) is 16.8 Å². The molecule has 0 N–H and O–H groups in total. The highest BCUT2D eigenvalue weighted by atomic mass is 32.2. The molecule has 0 unspecified atom stereocenters. The molecule has 9 aromatic carbocycles.